The van der Waals surface area contributed by atoms with Crippen LogP contribution in [0.2, 0.25) is 0 Å². The second kappa shape index (κ2) is 5.83. The number of piperidine rings is 1. The average Bonchev–Trinajstić information content (AvgIpc) is 2.35. The Morgan fingerprint density at radius 2 is 2.00 bits per heavy atom. The number of halogens is 1. The molecule has 0 saturated carbocycles. The fraction of sp³-hybridized carbons (Fsp3) is 0.538. The van der Waals surface area contributed by atoms with Gasteiger partial charge in [-0.15, -0.1) is 11.6 Å². The zero-order valence-corrected chi connectivity index (χ0v) is 10.4. The second-order valence-corrected chi connectivity index (χ2v) is 5.13. The molecule has 2 N–H and O–H groups in total. The summed E-state index contributed by atoms with van der Waals surface area (Å²) < 4.78 is 0. The summed E-state index contributed by atoms with van der Waals surface area (Å²) in [5, 5.41) is 18.8. The van der Waals surface area contributed by atoms with Crippen molar-refractivity contribution >= 4 is 11.6 Å². The number of aliphatic hydroxyl groups is 2. The van der Waals surface area contributed by atoms with Crippen molar-refractivity contribution in [1.82, 2.24) is 4.90 Å². The van der Waals surface area contributed by atoms with E-state index in [-0.39, 0.29) is 18.0 Å². The highest BCUT2D eigenvalue weighted by Crippen LogP contribution is 2.23. The van der Waals surface area contributed by atoms with Crippen LogP contribution in [0.3, 0.4) is 0 Å². The third kappa shape index (κ3) is 3.19. The molecule has 1 fully saturated rings. The van der Waals surface area contributed by atoms with Crippen LogP contribution >= 0.6 is 11.6 Å². The molecule has 17 heavy (non-hydrogen) atoms. The Morgan fingerprint density at radius 3 is 2.65 bits per heavy atom. The van der Waals surface area contributed by atoms with Gasteiger partial charge in [-0.3, -0.25) is 4.90 Å². The van der Waals surface area contributed by atoms with Gasteiger partial charge in [0.15, 0.2) is 0 Å². The van der Waals surface area contributed by atoms with E-state index in [1.165, 1.54) is 5.56 Å². The van der Waals surface area contributed by atoms with Gasteiger partial charge in [0.25, 0.3) is 0 Å². The fourth-order valence-electron chi connectivity index (χ4n) is 2.27. The molecule has 1 aromatic rings. The number of hydrogen-bond acceptors (Lipinski definition) is 3. The fourth-order valence-corrected chi connectivity index (χ4v) is 2.55. The molecule has 0 spiro atoms. The quantitative estimate of drug-likeness (QED) is 0.799. The standard InChI is InChI=1S/C13H18ClNO2/c14-12-8-15(11(9-16)6-13(12)17)7-10-4-2-1-3-5-10/h1-5,11-13,16-17H,6-9H2/t11?,12-,13?/m0/s1. The molecule has 0 bridgehead atoms. The minimum Gasteiger partial charge on any atom is -0.395 e. The van der Waals surface area contributed by atoms with E-state index in [2.05, 4.69) is 17.0 Å². The lowest BCUT2D eigenvalue weighted by molar-refractivity contribution is 0.0160. The van der Waals surface area contributed by atoms with Crippen molar-refractivity contribution in [1.29, 1.82) is 0 Å². The Morgan fingerprint density at radius 1 is 1.29 bits per heavy atom. The SMILES string of the molecule is OCC1CC(O)[C@@H](Cl)CN1Cc1ccccc1. The average molecular weight is 256 g/mol. The first-order chi connectivity index (χ1) is 8.20. The molecule has 2 unspecified atom stereocenters. The van der Waals surface area contributed by atoms with Gasteiger partial charge in [0.05, 0.1) is 18.1 Å². The van der Waals surface area contributed by atoms with Crippen molar-refractivity contribution in [3.8, 4) is 0 Å². The van der Waals surface area contributed by atoms with Crippen LogP contribution in [0.25, 0.3) is 0 Å². The van der Waals surface area contributed by atoms with Crippen LogP contribution in [0.4, 0.5) is 0 Å². The number of hydrogen-bond donors (Lipinski definition) is 2. The van der Waals surface area contributed by atoms with E-state index in [4.69, 9.17) is 11.6 Å². The Bertz CT molecular complexity index is 347. The first-order valence-corrected chi connectivity index (χ1v) is 6.35. The minimum absolute atomic E-state index is 0.000191. The third-order valence-electron chi connectivity index (χ3n) is 3.30. The molecule has 1 heterocycles. The molecule has 1 aliphatic heterocycles. The van der Waals surface area contributed by atoms with Gasteiger partial charge in [-0.05, 0) is 12.0 Å². The number of aliphatic hydroxyl groups excluding tert-OH is 2. The zero-order chi connectivity index (χ0) is 12.3. The van der Waals surface area contributed by atoms with Crippen LogP contribution in [-0.4, -0.2) is 45.8 Å². The number of alkyl halides is 1. The summed E-state index contributed by atoms with van der Waals surface area (Å²) >= 11 is 6.08. The molecule has 1 aromatic carbocycles. The summed E-state index contributed by atoms with van der Waals surface area (Å²) in [6.07, 6.45) is 0.0261. The number of benzene rings is 1. The normalized spacial score (nSPS) is 30.4. The van der Waals surface area contributed by atoms with E-state index in [1.807, 2.05) is 18.2 Å². The van der Waals surface area contributed by atoms with Crippen LogP contribution in [-0.2, 0) is 6.54 Å². The van der Waals surface area contributed by atoms with Gasteiger partial charge >= 0.3 is 0 Å². The van der Waals surface area contributed by atoms with Crippen LogP contribution < -0.4 is 0 Å². The van der Waals surface area contributed by atoms with Crippen LogP contribution in [0.5, 0.6) is 0 Å². The molecule has 4 heteroatoms. The number of likely N-dealkylation sites (tertiary alicyclic amines) is 1. The van der Waals surface area contributed by atoms with E-state index in [0.29, 0.717) is 13.0 Å². The minimum atomic E-state index is -0.513. The van der Waals surface area contributed by atoms with Gasteiger partial charge in [0, 0.05) is 19.1 Å². The molecule has 1 saturated heterocycles. The molecule has 0 aromatic heterocycles. The Hall–Kier alpha value is -0.610. The maximum absolute atomic E-state index is 9.69. The topological polar surface area (TPSA) is 43.7 Å². The predicted molar refractivity (Wildman–Crippen MR) is 68.0 cm³/mol. The Balaban J connectivity index is 2.03. The molecule has 3 nitrogen and oxygen atoms in total. The predicted octanol–water partition coefficient (Wildman–Crippen LogP) is 1.22. The lowest BCUT2D eigenvalue weighted by Crippen LogP contribution is -2.51. The Labute approximate surface area is 107 Å². The van der Waals surface area contributed by atoms with E-state index >= 15 is 0 Å². The van der Waals surface area contributed by atoms with E-state index < -0.39 is 6.10 Å². The highest BCUT2D eigenvalue weighted by Gasteiger charge is 2.32. The van der Waals surface area contributed by atoms with Crippen LogP contribution in [0.1, 0.15) is 12.0 Å². The van der Waals surface area contributed by atoms with Crippen LogP contribution in [0.15, 0.2) is 30.3 Å². The summed E-state index contributed by atoms with van der Waals surface area (Å²) in [5.74, 6) is 0. The third-order valence-corrected chi connectivity index (χ3v) is 3.72. The highest BCUT2D eigenvalue weighted by molar-refractivity contribution is 6.21. The van der Waals surface area contributed by atoms with Gasteiger partial charge < -0.3 is 10.2 Å². The summed E-state index contributed by atoms with van der Waals surface area (Å²) in [6.45, 7) is 1.44. The zero-order valence-electron chi connectivity index (χ0n) is 9.67. The lowest BCUT2D eigenvalue weighted by Gasteiger charge is -2.39. The van der Waals surface area contributed by atoms with Crippen molar-refractivity contribution in [2.45, 2.75) is 30.5 Å². The first kappa shape index (κ1) is 12.8. The summed E-state index contributed by atoms with van der Waals surface area (Å²) in [5.41, 5.74) is 1.20. The molecular formula is C13H18ClNO2. The Kier molecular flexibility index (Phi) is 4.40. The first-order valence-electron chi connectivity index (χ1n) is 5.91. The van der Waals surface area contributed by atoms with E-state index in [0.717, 1.165) is 6.54 Å². The smallest absolute Gasteiger partial charge is 0.0732 e. The molecule has 0 amide bonds. The molecule has 3 atom stereocenters. The van der Waals surface area contributed by atoms with Gasteiger partial charge in [0.1, 0.15) is 0 Å². The molecule has 0 radical (unpaired) electrons. The van der Waals surface area contributed by atoms with Crippen molar-refractivity contribution in [3.63, 3.8) is 0 Å². The van der Waals surface area contributed by atoms with Crippen molar-refractivity contribution in [2.75, 3.05) is 13.2 Å². The van der Waals surface area contributed by atoms with Gasteiger partial charge in [-0.1, -0.05) is 30.3 Å². The largest absolute Gasteiger partial charge is 0.395 e. The molecule has 2 rings (SSSR count). The number of rotatable bonds is 3. The van der Waals surface area contributed by atoms with Gasteiger partial charge in [0.2, 0.25) is 0 Å². The summed E-state index contributed by atoms with van der Waals surface area (Å²) in [6, 6.07) is 10.1. The maximum Gasteiger partial charge on any atom is 0.0732 e. The molecule has 0 aliphatic carbocycles. The van der Waals surface area contributed by atoms with Crippen molar-refractivity contribution in [2.24, 2.45) is 0 Å². The molecule has 1 aliphatic rings. The molecular weight excluding hydrogens is 238 g/mol. The monoisotopic (exact) mass is 255 g/mol. The van der Waals surface area contributed by atoms with Crippen molar-refractivity contribution in [3.05, 3.63) is 35.9 Å². The number of nitrogens with zero attached hydrogens (tertiary/aromatic N) is 1. The molecule has 94 valence electrons. The van der Waals surface area contributed by atoms with Crippen LogP contribution in [0, 0.1) is 0 Å². The lowest BCUT2D eigenvalue weighted by atomic mass is 9.99. The second-order valence-electron chi connectivity index (χ2n) is 4.57. The summed E-state index contributed by atoms with van der Waals surface area (Å²) in [4.78, 5) is 2.14. The summed E-state index contributed by atoms with van der Waals surface area (Å²) in [7, 11) is 0. The van der Waals surface area contributed by atoms with E-state index in [1.54, 1.807) is 0 Å². The maximum atomic E-state index is 9.69. The van der Waals surface area contributed by atoms with Crippen molar-refractivity contribution < 1.29 is 10.2 Å². The highest BCUT2D eigenvalue weighted by atomic mass is 35.5. The van der Waals surface area contributed by atoms with Gasteiger partial charge in [-0.25, -0.2) is 0 Å². The van der Waals surface area contributed by atoms with Gasteiger partial charge in [-0.2, -0.15) is 0 Å². The van der Waals surface area contributed by atoms with E-state index in [9.17, 15) is 10.2 Å².